The summed E-state index contributed by atoms with van der Waals surface area (Å²) in [6.45, 7) is 19.7. The van der Waals surface area contributed by atoms with Gasteiger partial charge in [0, 0.05) is 32.2 Å². The van der Waals surface area contributed by atoms with E-state index in [2.05, 4.69) is 84.3 Å². The minimum Gasteiger partial charge on any atom is -0.357 e. The largest absolute Gasteiger partial charge is 0.357 e. The van der Waals surface area contributed by atoms with E-state index in [4.69, 9.17) is 4.99 Å². The van der Waals surface area contributed by atoms with Crippen LogP contribution in [0.5, 0.6) is 0 Å². The van der Waals surface area contributed by atoms with E-state index in [1.807, 2.05) is 0 Å². The first-order chi connectivity index (χ1) is 15.5. The number of benzene rings is 1. The lowest BCUT2D eigenvalue weighted by Gasteiger charge is -2.21. The number of aliphatic imine (C=N–C) groups is 1. The van der Waals surface area contributed by atoms with Crippen LogP contribution in [0.3, 0.4) is 0 Å². The van der Waals surface area contributed by atoms with Crippen LogP contribution >= 0.6 is 0 Å². The molecule has 1 atom stereocenters. The maximum Gasteiger partial charge on any atom is 0.191 e. The van der Waals surface area contributed by atoms with Gasteiger partial charge >= 0.3 is 0 Å². The molecule has 0 aliphatic carbocycles. The fraction of sp³-hybridized carbons (Fsp3) is 0.731. The molecule has 1 fully saturated rings. The Balaban J connectivity index is 1.81. The van der Waals surface area contributed by atoms with Crippen LogP contribution in [-0.2, 0) is 13.1 Å². The van der Waals surface area contributed by atoms with Crippen LogP contribution in [0.1, 0.15) is 58.1 Å². The molecule has 182 valence electrons. The zero-order valence-corrected chi connectivity index (χ0v) is 21.4. The maximum absolute atomic E-state index is 4.83. The van der Waals surface area contributed by atoms with Crippen molar-refractivity contribution in [2.45, 2.75) is 66.1 Å². The molecule has 2 N–H and O–H groups in total. The van der Waals surface area contributed by atoms with E-state index in [-0.39, 0.29) is 0 Å². The van der Waals surface area contributed by atoms with Gasteiger partial charge in [0.25, 0.3) is 0 Å². The highest BCUT2D eigenvalue weighted by Gasteiger charge is 2.12. The summed E-state index contributed by atoms with van der Waals surface area (Å²) in [7, 11) is 2.22. The van der Waals surface area contributed by atoms with Crippen molar-refractivity contribution in [1.82, 2.24) is 25.3 Å². The van der Waals surface area contributed by atoms with Gasteiger partial charge < -0.3 is 20.4 Å². The molecule has 32 heavy (non-hydrogen) atoms. The van der Waals surface area contributed by atoms with Gasteiger partial charge in [0.05, 0.1) is 6.54 Å². The molecule has 6 heteroatoms. The third kappa shape index (κ3) is 10.3. The topological polar surface area (TPSA) is 46.1 Å². The zero-order chi connectivity index (χ0) is 23.2. The zero-order valence-electron chi connectivity index (χ0n) is 21.4. The van der Waals surface area contributed by atoms with Gasteiger partial charge in [0.15, 0.2) is 5.96 Å². The molecule has 0 radical (unpaired) electrons. The molecule has 1 unspecified atom stereocenters. The van der Waals surface area contributed by atoms with Crippen LogP contribution in [-0.4, -0.2) is 86.1 Å². The Kier molecular flexibility index (Phi) is 12.7. The lowest BCUT2D eigenvalue weighted by atomic mass is 10.1. The van der Waals surface area contributed by atoms with E-state index >= 15 is 0 Å². The number of rotatable bonds is 12. The van der Waals surface area contributed by atoms with Gasteiger partial charge in [-0.15, -0.1) is 0 Å². The predicted octanol–water partition coefficient (Wildman–Crippen LogP) is 3.39. The quantitative estimate of drug-likeness (QED) is 0.382. The number of hydrogen-bond acceptors (Lipinski definition) is 4. The summed E-state index contributed by atoms with van der Waals surface area (Å²) in [5.41, 5.74) is 2.66. The molecule has 2 rings (SSSR count). The SMILES string of the molecule is CCNC(=NCc1ccc(CN2CCCN(C)CC2)cc1)NC(C)CCCN(CC)CC. The second kappa shape index (κ2) is 15.3. The Morgan fingerprint density at radius 3 is 2.44 bits per heavy atom. The molecule has 1 heterocycles. The molecule has 0 saturated carbocycles. The third-order valence-electron chi connectivity index (χ3n) is 6.39. The van der Waals surface area contributed by atoms with Crippen LogP contribution in [0.15, 0.2) is 29.3 Å². The van der Waals surface area contributed by atoms with Gasteiger partial charge in [-0.2, -0.15) is 0 Å². The molecule has 1 saturated heterocycles. The molecule has 1 aliphatic heterocycles. The number of nitrogens with zero attached hydrogens (tertiary/aromatic N) is 4. The van der Waals surface area contributed by atoms with Crippen LogP contribution < -0.4 is 10.6 Å². The average Bonchev–Trinajstić information content (AvgIpc) is 3.00. The fourth-order valence-electron chi connectivity index (χ4n) is 4.22. The van der Waals surface area contributed by atoms with E-state index in [0.29, 0.717) is 12.6 Å². The lowest BCUT2D eigenvalue weighted by molar-refractivity contribution is 0.269. The first-order valence-corrected chi connectivity index (χ1v) is 12.8. The highest BCUT2D eigenvalue weighted by Crippen LogP contribution is 2.11. The molecular weight excluding hydrogens is 396 g/mol. The van der Waals surface area contributed by atoms with Crippen molar-refractivity contribution in [2.75, 3.05) is 59.4 Å². The summed E-state index contributed by atoms with van der Waals surface area (Å²) in [5.74, 6) is 0.917. The first kappa shape index (κ1) is 26.6. The molecule has 0 spiro atoms. The summed E-state index contributed by atoms with van der Waals surface area (Å²) >= 11 is 0. The van der Waals surface area contributed by atoms with Gasteiger partial charge in [-0.3, -0.25) is 4.90 Å². The molecule has 6 nitrogen and oxygen atoms in total. The van der Waals surface area contributed by atoms with Crippen molar-refractivity contribution in [3.63, 3.8) is 0 Å². The minimum atomic E-state index is 0.415. The summed E-state index contributed by atoms with van der Waals surface area (Å²) in [5, 5.41) is 6.98. The fourth-order valence-corrected chi connectivity index (χ4v) is 4.22. The van der Waals surface area contributed by atoms with Crippen molar-refractivity contribution >= 4 is 5.96 Å². The van der Waals surface area contributed by atoms with Gasteiger partial charge in [0.1, 0.15) is 0 Å². The van der Waals surface area contributed by atoms with E-state index in [1.165, 1.54) is 50.1 Å². The van der Waals surface area contributed by atoms with Crippen molar-refractivity contribution < 1.29 is 0 Å². The number of hydrogen-bond donors (Lipinski definition) is 2. The molecule has 1 aromatic rings. The average molecular weight is 445 g/mol. The molecule has 1 aliphatic rings. The second-order valence-electron chi connectivity index (χ2n) is 9.16. The lowest BCUT2D eigenvalue weighted by Crippen LogP contribution is -2.42. The number of guanidine groups is 1. The third-order valence-corrected chi connectivity index (χ3v) is 6.39. The van der Waals surface area contributed by atoms with Gasteiger partial charge in [0.2, 0.25) is 0 Å². The first-order valence-electron chi connectivity index (χ1n) is 12.8. The van der Waals surface area contributed by atoms with Crippen LogP contribution in [0, 0.1) is 0 Å². The second-order valence-corrected chi connectivity index (χ2v) is 9.16. The van der Waals surface area contributed by atoms with Crippen molar-refractivity contribution in [3.8, 4) is 0 Å². The standard InChI is InChI=1S/C26H48N6/c1-6-27-26(29-23(4)11-9-17-31(7-2)8-3)28-21-24-12-14-25(15-13-24)22-32-18-10-16-30(5)19-20-32/h12-15,23H,6-11,16-22H2,1-5H3,(H2,27,28,29). The van der Waals surface area contributed by atoms with Crippen LogP contribution in [0.25, 0.3) is 0 Å². The van der Waals surface area contributed by atoms with Gasteiger partial charge in [-0.1, -0.05) is 38.1 Å². The Morgan fingerprint density at radius 2 is 1.75 bits per heavy atom. The Morgan fingerprint density at radius 1 is 1.03 bits per heavy atom. The van der Waals surface area contributed by atoms with E-state index in [0.717, 1.165) is 45.1 Å². The summed E-state index contributed by atoms with van der Waals surface area (Å²) in [4.78, 5) is 12.3. The minimum absolute atomic E-state index is 0.415. The Labute approximate surface area is 197 Å². The highest BCUT2D eigenvalue weighted by molar-refractivity contribution is 5.80. The monoisotopic (exact) mass is 444 g/mol. The van der Waals surface area contributed by atoms with Gasteiger partial charge in [-0.25, -0.2) is 4.99 Å². The van der Waals surface area contributed by atoms with Crippen LogP contribution in [0.4, 0.5) is 0 Å². The highest BCUT2D eigenvalue weighted by atomic mass is 15.2. The van der Waals surface area contributed by atoms with Crippen LogP contribution in [0.2, 0.25) is 0 Å². The van der Waals surface area contributed by atoms with E-state index in [1.54, 1.807) is 0 Å². The smallest absolute Gasteiger partial charge is 0.191 e. The van der Waals surface area contributed by atoms with Crippen molar-refractivity contribution in [1.29, 1.82) is 0 Å². The number of nitrogens with one attached hydrogen (secondary N) is 2. The number of likely N-dealkylation sites (N-methyl/N-ethyl adjacent to an activating group) is 1. The predicted molar refractivity (Wildman–Crippen MR) is 138 cm³/mol. The van der Waals surface area contributed by atoms with Gasteiger partial charge in [-0.05, 0) is 84.0 Å². The summed E-state index contributed by atoms with van der Waals surface area (Å²) < 4.78 is 0. The Bertz CT molecular complexity index is 640. The molecule has 0 amide bonds. The summed E-state index contributed by atoms with van der Waals surface area (Å²) in [6, 6.07) is 9.43. The normalized spacial score (nSPS) is 17.4. The van der Waals surface area contributed by atoms with E-state index < -0.39 is 0 Å². The Hall–Kier alpha value is -1.63. The molecule has 1 aromatic carbocycles. The molecule has 0 bridgehead atoms. The summed E-state index contributed by atoms with van der Waals surface area (Å²) in [6.07, 6.45) is 3.63. The van der Waals surface area contributed by atoms with E-state index in [9.17, 15) is 0 Å². The maximum atomic E-state index is 4.83. The molecular formula is C26H48N6. The van der Waals surface area contributed by atoms with Crippen molar-refractivity contribution in [2.24, 2.45) is 4.99 Å². The van der Waals surface area contributed by atoms with Crippen molar-refractivity contribution in [3.05, 3.63) is 35.4 Å². The molecule has 0 aromatic heterocycles.